The second-order valence-corrected chi connectivity index (χ2v) is 17.3. The van der Waals surface area contributed by atoms with E-state index < -0.39 is 194 Å². The summed E-state index contributed by atoms with van der Waals surface area (Å²) in [6, 6.07) is 0. The van der Waals surface area contributed by atoms with E-state index in [2.05, 4.69) is 14.2 Å². The SMILES string of the molecule is CC(COCC(C)OCC(O)CC(F)(F)C(F)(F)C(F)(F)C(F)(F)C(F)(F)C(F)(F)C(F)(F)C(F)(F)C(F)(C(F)(F)F)C(F)(F)F)OCC(O)CC(F)(F)C(F)(F)C(F)(F)C(F)(F)C(F)(F)C(F)(F)C(F)(F)C(F)(F)C(F)(C(F)(F)F)C(F)(F)F. The lowest BCUT2D eigenvalue weighted by molar-refractivity contribution is -0.481. The highest BCUT2D eigenvalue weighted by Gasteiger charge is 3.02. The monoisotopic (exact) mass is 1390 g/mol. The Bertz CT molecular complexity index is 2040. The van der Waals surface area contributed by atoms with E-state index in [-0.39, 0.29) is 0 Å². The highest BCUT2D eigenvalue weighted by atomic mass is 19.5. The Kier molecular flexibility index (Phi) is 21.9. The van der Waals surface area contributed by atoms with E-state index in [0.29, 0.717) is 13.8 Å². The van der Waals surface area contributed by atoms with Crippen molar-refractivity contribution >= 4 is 0 Å². The van der Waals surface area contributed by atoms with E-state index in [4.69, 9.17) is 0 Å². The van der Waals surface area contributed by atoms with Gasteiger partial charge in [-0.25, -0.2) is 8.78 Å². The van der Waals surface area contributed by atoms with Gasteiger partial charge in [0.05, 0.1) is 50.8 Å². The predicted molar refractivity (Wildman–Crippen MR) is 174 cm³/mol. The van der Waals surface area contributed by atoms with Gasteiger partial charge in [0, 0.05) is 12.8 Å². The second-order valence-electron chi connectivity index (χ2n) is 17.3. The lowest BCUT2D eigenvalue weighted by Crippen LogP contribution is -2.79. The average Bonchev–Trinajstić information content (AvgIpc) is 3.26. The number of aliphatic hydroxyl groups excluding tert-OH is 2. The number of halogens is 46. The number of hydrogen-bond acceptors (Lipinski definition) is 5. The molecule has 0 saturated carbocycles. The van der Waals surface area contributed by atoms with Crippen LogP contribution in [-0.2, 0) is 14.2 Å². The van der Waals surface area contributed by atoms with Crippen molar-refractivity contribution in [2.45, 2.75) is 182 Å². The fourth-order valence-electron chi connectivity index (χ4n) is 5.91. The molecule has 2 N–H and O–H groups in total. The van der Waals surface area contributed by atoms with Crippen LogP contribution in [0.2, 0.25) is 0 Å². The van der Waals surface area contributed by atoms with Gasteiger partial charge in [0.2, 0.25) is 0 Å². The molecule has 5 nitrogen and oxygen atoms in total. The Morgan fingerprint density at radius 1 is 0.235 bits per heavy atom. The summed E-state index contributed by atoms with van der Waals surface area (Å²) >= 11 is 0. The van der Waals surface area contributed by atoms with Crippen molar-refractivity contribution in [2.24, 2.45) is 0 Å². The van der Waals surface area contributed by atoms with Crippen LogP contribution in [0.25, 0.3) is 0 Å². The molecule has 0 aromatic heterocycles. The van der Waals surface area contributed by atoms with Gasteiger partial charge in [0.25, 0.3) is 0 Å². The molecule has 0 bridgehead atoms. The van der Waals surface area contributed by atoms with Gasteiger partial charge in [0.1, 0.15) is 0 Å². The van der Waals surface area contributed by atoms with Gasteiger partial charge in [-0.1, -0.05) is 0 Å². The third kappa shape index (κ3) is 12.1. The van der Waals surface area contributed by atoms with Gasteiger partial charge in [-0.15, -0.1) is 0 Å². The Morgan fingerprint density at radius 2 is 0.388 bits per heavy atom. The molecule has 4 atom stereocenters. The zero-order chi connectivity index (χ0) is 69.7. The molecular weight excluding hydrogens is 1360 g/mol. The summed E-state index contributed by atoms with van der Waals surface area (Å²) in [7, 11) is 0. The quantitative estimate of drug-likeness (QED) is 0.0702. The van der Waals surface area contributed by atoms with E-state index in [1.807, 2.05) is 0 Å². The van der Waals surface area contributed by atoms with Crippen molar-refractivity contribution in [3.8, 4) is 0 Å². The zero-order valence-electron chi connectivity index (χ0n) is 39.1. The normalized spacial score (nSPS) is 18.0. The van der Waals surface area contributed by atoms with Crippen LogP contribution in [0.4, 0.5) is 202 Å². The molecule has 0 fully saturated rings. The van der Waals surface area contributed by atoms with Crippen LogP contribution in [0, 0.1) is 0 Å². The van der Waals surface area contributed by atoms with Crippen LogP contribution in [0.15, 0.2) is 0 Å². The zero-order valence-corrected chi connectivity index (χ0v) is 39.1. The summed E-state index contributed by atoms with van der Waals surface area (Å²) in [6.07, 6.45) is -53.5. The molecule has 0 radical (unpaired) electrons. The molecular formula is C34H24F46O5. The minimum atomic E-state index is -9.78. The maximum Gasteiger partial charge on any atom is 0.438 e. The van der Waals surface area contributed by atoms with Crippen molar-refractivity contribution in [3.63, 3.8) is 0 Å². The van der Waals surface area contributed by atoms with Crippen molar-refractivity contribution in [2.75, 3.05) is 26.4 Å². The molecule has 512 valence electrons. The number of rotatable bonds is 30. The van der Waals surface area contributed by atoms with Gasteiger partial charge < -0.3 is 24.4 Å². The van der Waals surface area contributed by atoms with Crippen LogP contribution in [0.5, 0.6) is 0 Å². The molecule has 0 heterocycles. The largest absolute Gasteiger partial charge is 0.438 e. The summed E-state index contributed by atoms with van der Waals surface area (Å²) in [6.45, 7) is -5.77. The fourth-order valence-corrected chi connectivity index (χ4v) is 5.91. The summed E-state index contributed by atoms with van der Waals surface area (Å²) in [5.41, 5.74) is -18.5. The van der Waals surface area contributed by atoms with Crippen LogP contribution in [0.3, 0.4) is 0 Å². The van der Waals surface area contributed by atoms with Gasteiger partial charge >= 0.3 is 131 Å². The van der Waals surface area contributed by atoms with Crippen LogP contribution in [-0.4, -0.2) is 192 Å². The summed E-state index contributed by atoms with van der Waals surface area (Å²) in [4.78, 5) is 0. The molecule has 51 heteroatoms. The molecule has 0 aromatic carbocycles. The number of alkyl halides is 46. The third-order valence-electron chi connectivity index (χ3n) is 10.9. The number of hydrogen-bond donors (Lipinski definition) is 2. The van der Waals surface area contributed by atoms with Crippen LogP contribution in [0.1, 0.15) is 26.7 Å². The van der Waals surface area contributed by atoms with Crippen LogP contribution >= 0.6 is 0 Å². The molecule has 0 aliphatic rings. The Hall–Kier alpha value is -3.42. The Balaban J connectivity index is 6.18. The topological polar surface area (TPSA) is 68.2 Å². The van der Waals surface area contributed by atoms with Gasteiger partial charge in [-0.3, -0.25) is 0 Å². The maximum atomic E-state index is 14.3. The van der Waals surface area contributed by atoms with Crippen molar-refractivity contribution in [3.05, 3.63) is 0 Å². The molecule has 0 aliphatic heterocycles. The first kappa shape index (κ1) is 81.6. The first-order valence-corrected chi connectivity index (χ1v) is 20.1. The van der Waals surface area contributed by atoms with Gasteiger partial charge in [-0.2, -0.15) is 193 Å². The van der Waals surface area contributed by atoms with E-state index in [9.17, 15) is 212 Å². The number of aliphatic hydroxyl groups is 2. The highest BCUT2D eigenvalue weighted by Crippen LogP contribution is 2.70. The van der Waals surface area contributed by atoms with E-state index >= 15 is 0 Å². The molecule has 0 spiro atoms. The summed E-state index contributed by atoms with van der Waals surface area (Å²) in [5.74, 6) is -147. The Morgan fingerprint density at radius 3 is 0.553 bits per heavy atom. The first-order valence-electron chi connectivity index (χ1n) is 20.1. The minimum absolute atomic E-state index is 0.525. The number of ether oxygens (including phenoxy) is 3. The highest BCUT2D eigenvalue weighted by molar-refractivity contribution is 5.23. The second kappa shape index (κ2) is 22.8. The molecule has 85 heavy (non-hydrogen) atoms. The van der Waals surface area contributed by atoms with E-state index in [1.54, 1.807) is 0 Å². The third-order valence-corrected chi connectivity index (χ3v) is 10.9. The van der Waals surface area contributed by atoms with E-state index in [0.717, 1.165) is 0 Å². The van der Waals surface area contributed by atoms with Crippen molar-refractivity contribution < 1.29 is 226 Å². The van der Waals surface area contributed by atoms with Crippen molar-refractivity contribution in [1.82, 2.24) is 0 Å². The van der Waals surface area contributed by atoms with Crippen LogP contribution < -0.4 is 0 Å². The van der Waals surface area contributed by atoms with E-state index in [1.165, 1.54) is 0 Å². The average molecular weight is 1390 g/mol. The molecule has 0 aliphatic carbocycles. The molecule has 0 saturated heterocycles. The maximum absolute atomic E-state index is 14.3. The molecule has 0 rings (SSSR count). The smallest absolute Gasteiger partial charge is 0.390 e. The van der Waals surface area contributed by atoms with Gasteiger partial charge in [0.15, 0.2) is 0 Å². The summed E-state index contributed by atoms with van der Waals surface area (Å²) < 4.78 is 642. The minimum Gasteiger partial charge on any atom is -0.390 e. The van der Waals surface area contributed by atoms with Crippen molar-refractivity contribution in [1.29, 1.82) is 0 Å². The summed E-state index contributed by atoms with van der Waals surface area (Å²) in [5, 5.41) is 19.0. The molecule has 4 unspecified atom stereocenters. The molecule has 0 aromatic rings. The lowest BCUT2D eigenvalue weighted by Gasteiger charge is -2.46. The Labute approximate surface area is 435 Å². The first-order chi connectivity index (χ1) is 36.3. The standard InChI is InChI=1S/C34H24F46O5/c1-9(84-7-11(81)3-13(35,36)17(41,42)21(49,50)25(57,58)29(65,66)27(61,62)23(53,54)19(45,46)15(39,31(69,70)71)32(72,73)74)5-83-6-10(2)85-8-12(82)4-14(37,38)18(43,44)22(51,52)26(59,60)30(67,68)28(63,64)24(55,56)20(47,48)16(40,33(75,76)77)34(78,79)80/h9-12,81-82H,3-8H2,1-2H3. The molecule has 0 amide bonds. The fraction of sp³-hybridized carbons (Fsp3) is 1.00. The predicted octanol–water partition coefficient (Wildman–Crippen LogP) is 15.1. The lowest BCUT2D eigenvalue weighted by atomic mass is 9.82. The van der Waals surface area contributed by atoms with Gasteiger partial charge in [-0.05, 0) is 13.8 Å².